The molecule has 0 heterocycles. The first kappa shape index (κ1) is 13.5. The molecule has 2 rings (SSSR count). The highest BCUT2D eigenvalue weighted by Crippen LogP contribution is 2.15. The predicted molar refractivity (Wildman–Crippen MR) is 76.1 cm³/mol. The van der Waals surface area contributed by atoms with Gasteiger partial charge in [-0.25, -0.2) is 4.39 Å². The second kappa shape index (κ2) is 6.32. The number of nitrogens with one attached hydrogen (secondary N) is 1. The van der Waals surface area contributed by atoms with E-state index in [0.717, 1.165) is 10.0 Å². The maximum atomic E-state index is 13.5. The molecule has 0 aliphatic carbocycles. The van der Waals surface area contributed by atoms with Crippen molar-refractivity contribution in [3.8, 4) is 0 Å². The quantitative estimate of drug-likeness (QED) is 0.869. The standard InChI is InChI=1S/C14H12BrClFN/c15-12-5-4-11(14(17)7-12)9-18-8-10-2-1-3-13(16)6-10/h1-7,18H,8-9H2. The summed E-state index contributed by atoms with van der Waals surface area (Å²) < 4.78 is 14.3. The van der Waals surface area contributed by atoms with Crippen LogP contribution in [0.15, 0.2) is 46.9 Å². The smallest absolute Gasteiger partial charge is 0.128 e. The van der Waals surface area contributed by atoms with Crippen LogP contribution in [-0.2, 0) is 13.1 Å². The monoisotopic (exact) mass is 327 g/mol. The van der Waals surface area contributed by atoms with Crippen LogP contribution in [-0.4, -0.2) is 0 Å². The summed E-state index contributed by atoms with van der Waals surface area (Å²) in [5.74, 6) is -0.206. The minimum atomic E-state index is -0.206. The Morgan fingerprint density at radius 1 is 1.11 bits per heavy atom. The first-order valence-corrected chi connectivity index (χ1v) is 6.71. The molecular formula is C14H12BrClFN. The Labute approximate surface area is 119 Å². The van der Waals surface area contributed by atoms with Crippen LogP contribution in [0.3, 0.4) is 0 Å². The summed E-state index contributed by atoms with van der Waals surface area (Å²) in [7, 11) is 0. The summed E-state index contributed by atoms with van der Waals surface area (Å²) in [4.78, 5) is 0. The molecule has 2 aromatic carbocycles. The van der Waals surface area contributed by atoms with E-state index in [9.17, 15) is 4.39 Å². The first-order valence-electron chi connectivity index (χ1n) is 5.54. The lowest BCUT2D eigenvalue weighted by Crippen LogP contribution is -2.13. The lowest BCUT2D eigenvalue weighted by atomic mass is 10.2. The van der Waals surface area contributed by atoms with E-state index >= 15 is 0 Å². The highest BCUT2D eigenvalue weighted by molar-refractivity contribution is 9.10. The van der Waals surface area contributed by atoms with E-state index in [2.05, 4.69) is 21.2 Å². The van der Waals surface area contributed by atoms with Crippen molar-refractivity contribution in [2.45, 2.75) is 13.1 Å². The summed E-state index contributed by atoms with van der Waals surface area (Å²) in [6.07, 6.45) is 0. The van der Waals surface area contributed by atoms with Crippen molar-refractivity contribution in [1.29, 1.82) is 0 Å². The molecule has 0 spiro atoms. The topological polar surface area (TPSA) is 12.0 Å². The molecule has 1 N–H and O–H groups in total. The van der Waals surface area contributed by atoms with E-state index < -0.39 is 0 Å². The van der Waals surface area contributed by atoms with E-state index in [4.69, 9.17) is 11.6 Å². The number of benzene rings is 2. The molecule has 18 heavy (non-hydrogen) atoms. The summed E-state index contributed by atoms with van der Waals surface area (Å²) in [6, 6.07) is 12.7. The molecule has 1 nitrogen and oxygen atoms in total. The molecule has 0 bridgehead atoms. The van der Waals surface area contributed by atoms with Crippen molar-refractivity contribution in [2.24, 2.45) is 0 Å². The number of halogens is 3. The van der Waals surface area contributed by atoms with E-state index in [1.165, 1.54) is 6.07 Å². The van der Waals surface area contributed by atoms with Crippen molar-refractivity contribution in [3.05, 3.63) is 68.9 Å². The van der Waals surface area contributed by atoms with Gasteiger partial charge in [0.05, 0.1) is 0 Å². The van der Waals surface area contributed by atoms with Crippen molar-refractivity contribution in [2.75, 3.05) is 0 Å². The fourth-order valence-electron chi connectivity index (χ4n) is 1.65. The maximum absolute atomic E-state index is 13.5. The van der Waals surface area contributed by atoms with E-state index in [1.807, 2.05) is 30.3 Å². The Morgan fingerprint density at radius 3 is 2.67 bits per heavy atom. The third kappa shape index (κ3) is 3.80. The number of hydrogen-bond donors (Lipinski definition) is 1. The lowest BCUT2D eigenvalue weighted by Gasteiger charge is -2.07. The van der Waals surface area contributed by atoms with Crippen LogP contribution < -0.4 is 5.32 Å². The molecule has 0 saturated carbocycles. The fourth-order valence-corrected chi connectivity index (χ4v) is 2.20. The van der Waals surface area contributed by atoms with Crippen LogP contribution in [0.1, 0.15) is 11.1 Å². The van der Waals surface area contributed by atoms with Gasteiger partial charge in [-0.15, -0.1) is 0 Å². The highest BCUT2D eigenvalue weighted by atomic mass is 79.9. The second-order valence-electron chi connectivity index (χ2n) is 3.97. The van der Waals surface area contributed by atoms with Crippen molar-refractivity contribution >= 4 is 27.5 Å². The average molecular weight is 329 g/mol. The molecule has 0 atom stereocenters. The molecule has 2 aromatic rings. The Hall–Kier alpha value is -0.900. The van der Waals surface area contributed by atoms with Crippen molar-refractivity contribution in [3.63, 3.8) is 0 Å². The molecule has 0 aliphatic rings. The van der Waals surface area contributed by atoms with Gasteiger partial charge in [-0.05, 0) is 29.8 Å². The Morgan fingerprint density at radius 2 is 1.94 bits per heavy atom. The fraction of sp³-hybridized carbons (Fsp3) is 0.143. The van der Waals surface area contributed by atoms with Crippen molar-refractivity contribution in [1.82, 2.24) is 5.32 Å². The average Bonchev–Trinajstić information content (AvgIpc) is 2.32. The second-order valence-corrected chi connectivity index (χ2v) is 5.32. The highest BCUT2D eigenvalue weighted by Gasteiger charge is 2.02. The lowest BCUT2D eigenvalue weighted by molar-refractivity contribution is 0.587. The van der Waals surface area contributed by atoms with Gasteiger partial charge < -0.3 is 5.32 Å². The molecule has 0 fully saturated rings. The van der Waals surface area contributed by atoms with Gasteiger partial charge in [-0.1, -0.05) is 45.7 Å². The van der Waals surface area contributed by atoms with Gasteiger partial charge in [0.15, 0.2) is 0 Å². The largest absolute Gasteiger partial charge is 0.309 e. The Kier molecular flexibility index (Phi) is 4.75. The normalized spacial score (nSPS) is 10.6. The molecule has 94 valence electrons. The van der Waals surface area contributed by atoms with Crippen LogP contribution >= 0.6 is 27.5 Å². The minimum absolute atomic E-state index is 0.206. The van der Waals surface area contributed by atoms with Gasteiger partial charge in [0.25, 0.3) is 0 Å². The molecule has 4 heteroatoms. The number of rotatable bonds is 4. The van der Waals surface area contributed by atoms with Crippen LogP contribution in [0.5, 0.6) is 0 Å². The summed E-state index contributed by atoms with van der Waals surface area (Å²) >= 11 is 9.12. The third-order valence-electron chi connectivity index (χ3n) is 2.55. The number of hydrogen-bond acceptors (Lipinski definition) is 1. The molecular weight excluding hydrogens is 317 g/mol. The zero-order valence-corrected chi connectivity index (χ0v) is 11.9. The van der Waals surface area contributed by atoms with Gasteiger partial charge in [0.2, 0.25) is 0 Å². The van der Waals surface area contributed by atoms with Gasteiger partial charge in [-0.2, -0.15) is 0 Å². The molecule has 0 amide bonds. The summed E-state index contributed by atoms with van der Waals surface area (Å²) in [5.41, 5.74) is 1.74. The molecule has 0 unspecified atom stereocenters. The van der Waals surface area contributed by atoms with Gasteiger partial charge >= 0.3 is 0 Å². The zero-order chi connectivity index (χ0) is 13.0. The van der Waals surface area contributed by atoms with Crippen LogP contribution in [0, 0.1) is 5.82 Å². The molecule has 0 radical (unpaired) electrons. The SMILES string of the molecule is Fc1cc(Br)ccc1CNCc1cccc(Cl)c1. The maximum Gasteiger partial charge on any atom is 0.128 e. The van der Waals surface area contributed by atoms with Gasteiger partial charge in [0, 0.05) is 28.1 Å². The summed E-state index contributed by atoms with van der Waals surface area (Å²) in [6.45, 7) is 1.15. The zero-order valence-electron chi connectivity index (χ0n) is 9.59. The Bertz CT molecular complexity index is 545. The van der Waals surface area contributed by atoms with Crippen LogP contribution in [0.25, 0.3) is 0 Å². The third-order valence-corrected chi connectivity index (χ3v) is 3.28. The van der Waals surface area contributed by atoms with Crippen LogP contribution in [0.2, 0.25) is 5.02 Å². The molecule has 0 aromatic heterocycles. The molecule has 0 aliphatic heterocycles. The minimum Gasteiger partial charge on any atom is -0.309 e. The van der Waals surface area contributed by atoms with E-state index in [0.29, 0.717) is 23.7 Å². The van der Waals surface area contributed by atoms with Gasteiger partial charge in [-0.3, -0.25) is 0 Å². The predicted octanol–water partition coefficient (Wildman–Crippen LogP) is 4.53. The summed E-state index contributed by atoms with van der Waals surface area (Å²) in [5, 5.41) is 3.90. The van der Waals surface area contributed by atoms with Gasteiger partial charge in [0.1, 0.15) is 5.82 Å². The van der Waals surface area contributed by atoms with Crippen LogP contribution in [0.4, 0.5) is 4.39 Å². The Balaban J connectivity index is 1.92. The van der Waals surface area contributed by atoms with Crippen molar-refractivity contribution < 1.29 is 4.39 Å². The first-order chi connectivity index (χ1) is 8.65. The van der Waals surface area contributed by atoms with E-state index in [1.54, 1.807) is 6.07 Å². The van der Waals surface area contributed by atoms with E-state index in [-0.39, 0.29) is 5.82 Å². The molecule has 0 saturated heterocycles.